The minimum atomic E-state index is 0.471. The minimum Gasteiger partial charge on any atom is -0.302 e. The van der Waals surface area contributed by atoms with Gasteiger partial charge in [0.15, 0.2) is 5.65 Å². The fraction of sp³-hybridized carbons (Fsp3) is 0.143. The number of aryl methyl sites for hydroxylation is 1. The summed E-state index contributed by atoms with van der Waals surface area (Å²) in [4.78, 5) is 8.20. The van der Waals surface area contributed by atoms with E-state index in [2.05, 4.69) is 9.97 Å². The first-order valence-corrected chi connectivity index (χ1v) is 3.60. The third kappa shape index (κ3) is 0.886. The topological polar surface area (TPSA) is 30.7 Å². The summed E-state index contributed by atoms with van der Waals surface area (Å²) < 4.78 is 1.75. The molecular weight excluding hydrogens is 162 g/mol. The molecular formula is C7H6ClN3. The van der Waals surface area contributed by atoms with Gasteiger partial charge in [-0.2, -0.15) is 0 Å². The van der Waals surface area contributed by atoms with Crippen LogP contribution in [0.2, 0.25) is 5.28 Å². The molecule has 0 saturated carbocycles. The Balaban J connectivity index is 2.92. The van der Waals surface area contributed by atoms with E-state index in [1.165, 1.54) is 0 Å². The van der Waals surface area contributed by atoms with Crippen LogP contribution in [0.15, 0.2) is 18.3 Å². The first-order valence-electron chi connectivity index (χ1n) is 3.22. The summed E-state index contributed by atoms with van der Waals surface area (Å²) in [5.74, 6) is 0. The molecule has 0 aliphatic heterocycles. The van der Waals surface area contributed by atoms with Gasteiger partial charge in [-0.3, -0.25) is 0 Å². The molecule has 0 bridgehead atoms. The quantitative estimate of drug-likeness (QED) is 0.597. The molecule has 0 saturated heterocycles. The van der Waals surface area contributed by atoms with Gasteiger partial charge in [-0.15, -0.1) is 0 Å². The van der Waals surface area contributed by atoms with Crippen molar-refractivity contribution in [3.8, 4) is 0 Å². The van der Waals surface area contributed by atoms with Gasteiger partial charge >= 0.3 is 0 Å². The maximum absolute atomic E-state index is 5.76. The number of aromatic nitrogens is 3. The molecule has 2 heterocycles. The number of rotatable bonds is 0. The van der Waals surface area contributed by atoms with Crippen LogP contribution in [0, 0.1) is 0 Å². The SMILES string of the molecule is Cn1c(Cl)nc2cccnc21. The van der Waals surface area contributed by atoms with E-state index in [0.29, 0.717) is 5.28 Å². The van der Waals surface area contributed by atoms with Crippen LogP contribution < -0.4 is 0 Å². The van der Waals surface area contributed by atoms with Crippen molar-refractivity contribution >= 4 is 22.8 Å². The molecule has 0 unspecified atom stereocenters. The molecule has 2 rings (SSSR count). The minimum absolute atomic E-state index is 0.471. The van der Waals surface area contributed by atoms with Crippen molar-refractivity contribution in [1.82, 2.24) is 14.5 Å². The lowest BCUT2D eigenvalue weighted by Crippen LogP contribution is -1.88. The Morgan fingerprint density at radius 2 is 2.36 bits per heavy atom. The van der Waals surface area contributed by atoms with Gasteiger partial charge in [0, 0.05) is 13.2 Å². The third-order valence-corrected chi connectivity index (χ3v) is 1.91. The summed E-state index contributed by atoms with van der Waals surface area (Å²) in [7, 11) is 1.84. The van der Waals surface area contributed by atoms with Gasteiger partial charge in [0.05, 0.1) is 0 Å². The fourth-order valence-corrected chi connectivity index (χ4v) is 1.17. The Bertz CT molecular complexity index is 393. The first-order chi connectivity index (χ1) is 5.29. The summed E-state index contributed by atoms with van der Waals surface area (Å²) in [6, 6.07) is 3.72. The number of hydrogen-bond acceptors (Lipinski definition) is 2. The molecule has 0 radical (unpaired) electrons. The average molecular weight is 168 g/mol. The molecule has 3 nitrogen and oxygen atoms in total. The molecule has 0 aliphatic carbocycles. The van der Waals surface area contributed by atoms with Crippen molar-refractivity contribution in [2.75, 3.05) is 0 Å². The lowest BCUT2D eigenvalue weighted by molar-refractivity contribution is 0.932. The molecule has 2 aromatic heterocycles. The van der Waals surface area contributed by atoms with Crippen molar-refractivity contribution in [2.45, 2.75) is 0 Å². The van der Waals surface area contributed by atoms with Gasteiger partial charge in [0.2, 0.25) is 5.28 Å². The Hall–Kier alpha value is -1.09. The van der Waals surface area contributed by atoms with Crippen LogP contribution in [-0.4, -0.2) is 14.5 Å². The number of imidazole rings is 1. The molecule has 0 aromatic carbocycles. The molecule has 0 N–H and O–H groups in total. The standard InChI is InChI=1S/C7H6ClN3/c1-11-6-5(10-7(11)8)3-2-4-9-6/h2-4H,1H3. The predicted octanol–water partition coefficient (Wildman–Crippen LogP) is 1.62. The summed E-state index contributed by atoms with van der Waals surface area (Å²) in [6.45, 7) is 0. The molecule has 11 heavy (non-hydrogen) atoms. The highest BCUT2D eigenvalue weighted by molar-refractivity contribution is 6.29. The zero-order valence-electron chi connectivity index (χ0n) is 5.95. The molecule has 0 atom stereocenters. The maximum Gasteiger partial charge on any atom is 0.204 e. The lowest BCUT2D eigenvalue weighted by Gasteiger charge is -1.91. The molecule has 0 aliphatic rings. The molecule has 56 valence electrons. The second-order valence-corrected chi connectivity index (χ2v) is 2.62. The van der Waals surface area contributed by atoms with Gasteiger partial charge in [-0.1, -0.05) is 0 Å². The van der Waals surface area contributed by atoms with Gasteiger partial charge in [-0.25, -0.2) is 9.97 Å². The zero-order chi connectivity index (χ0) is 7.84. The van der Waals surface area contributed by atoms with Crippen LogP contribution >= 0.6 is 11.6 Å². The van der Waals surface area contributed by atoms with E-state index in [0.717, 1.165) is 11.2 Å². The highest BCUT2D eigenvalue weighted by Gasteiger charge is 2.03. The first kappa shape index (κ1) is 6.61. The second-order valence-electron chi connectivity index (χ2n) is 2.29. The highest BCUT2D eigenvalue weighted by atomic mass is 35.5. The predicted molar refractivity (Wildman–Crippen MR) is 43.5 cm³/mol. The Kier molecular flexibility index (Phi) is 1.32. The second kappa shape index (κ2) is 2.20. The van der Waals surface area contributed by atoms with Gasteiger partial charge in [-0.05, 0) is 23.7 Å². The van der Waals surface area contributed by atoms with E-state index in [-0.39, 0.29) is 0 Å². The summed E-state index contributed by atoms with van der Waals surface area (Å²) >= 11 is 5.76. The van der Waals surface area contributed by atoms with Crippen LogP contribution in [0.25, 0.3) is 11.2 Å². The van der Waals surface area contributed by atoms with E-state index in [1.807, 2.05) is 19.2 Å². The smallest absolute Gasteiger partial charge is 0.204 e. The Morgan fingerprint density at radius 1 is 1.55 bits per heavy atom. The summed E-state index contributed by atoms with van der Waals surface area (Å²) in [5.41, 5.74) is 1.65. The monoisotopic (exact) mass is 167 g/mol. The molecule has 0 spiro atoms. The number of fused-ring (bicyclic) bond motifs is 1. The van der Waals surface area contributed by atoms with E-state index in [4.69, 9.17) is 11.6 Å². The number of hydrogen-bond donors (Lipinski definition) is 0. The lowest BCUT2D eigenvalue weighted by atomic mass is 10.4. The van der Waals surface area contributed by atoms with Crippen LogP contribution in [0.3, 0.4) is 0 Å². The van der Waals surface area contributed by atoms with Crippen LogP contribution in [0.1, 0.15) is 0 Å². The summed E-state index contributed by atoms with van der Waals surface area (Å²) in [5, 5.41) is 0.471. The number of halogens is 1. The molecule has 0 amide bonds. The largest absolute Gasteiger partial charge is 0.302 e. The van der Waals surface area contributed by atoms with Gasteiger partial charge in [0.1, 0.15) is 5.52 Å². The van der Waals surface area contributed by atoms with Gasteiger partial charge in [0.25, 0.3) is 0 Å². The molecule has 2 aromatic rings. The zero-order valence-corrected chi connectivity index (χ0v) is 6.71. The van der Waals surface area contributed by atoms with E-state index >= 15 is 0 Å². The fourth-order valence-electron chi connectivity index (χ4n) is 0.996. The van der Waals surface area contributed by atoms with Crippen LogP contribution in [-0.2, 0) is 7.05 Å². The number of pyridine rings is 1. The van der Waals surface area contributed by atoms with E-state index in [9.17, 15) is 0 Å². The van der Waals surface area contributed by atoms with Crippen molar-refractivity contribution < 1.29 is 0 Å². The third-order valence-electron chi connectivity index (χ3n) is 1.57. The van der Waals surface area contributed by atoms with Crippen LogP contribution in [0.5, 0.6) is 0 Å². The van der Waals surface area contributed by atoms with Crippen molar-refractivity contribution in [3.63, 3.8) is 0 Å². The summed E-state index contributed by atoms with van der Waals surface area (Å²) in [6.07, 6.45) is 1.72. The van der Waals surface area contributed by atoms with Gasteiger partial charge < -0.3 is 4.57 Å². The Morgan fingerprint density at radius 3 is 3.09 bits per heavy atom. The van der Waals surface area contributed by atoms with E-state index in [1.54, 1.807) is 10.8 Å². The van der Waals surface area contributed by atoms with Crippen LogP contribution in [0.4, 0.5) is 0 Å². The Labute approximate surface area is 68.6 Å². The highest BCUT2D eigenvalue weighted by Crippen LogP contribution is 2.14. The van der Waals surface area contributed by atoms with Crippen molar-refractivity contribution in [1.29, 1.82) is 0 Å². The normalized spacial score (nSPS) is 10.7. The van der Waals surface area contributed by atoms with Crippen molar-refractivity contribution in [3.05, 3.63) is 23.6 Å². The number of nitrogens with zero attached hydrogens (tertiary/aromatic N) is 3. The molecule has 0 fully saturated rings. The average Bonchev–Trinajstić information content (AvgIpc) is 2.30. The maximum atomic E-state index is 5.76. The van der Waals surface area contributed by atoms with Crippen molar-refractivity contribution in [2.24, 2.45) is 7.05 Å². The molecule has 4 heteroatoms. The van der Waals surface area contributed by atoms with E-state index < -0.39 is 0 Å².